The average molecular weight is 196 g/mol. The predicted molar refractivity (Wildman–Crippen MR) is 43.5 cm³/mol. The molecule has 12 heavy (non-hydrogen) atoms. The maximum absolute atomic E-state index is 10.9. The molecule has 6 nitrogen and oxygen atoms in total. The van der Waals surface area contributed by atoms with E-state index in [1.54, 1.807) is 0 Å². The van der Waals surface area contributed by atoms with Crippen LogP contribution in [0.1, 0.15) is 6.42 Å². The fraction of sp³-hybridized carbons (Fsp3) is 0.800. The molecule has 0 aliphatic carbocycles. The summed E-state index contributed by atoms with van der Waals surface area (Å²) >= 11 is 0. The minimum absolute atomic E-state index is 0.00365. The minimum Gasteiger partial charge on any atom is -0.392 e. The lowest BCUT2D eigenvalue weighted by molar-refractivity contribution is -0.134. The Bertz CT molecular complexity index is 196. The third kappa shape index (κ3) is 5.26. The van der Waals surface area contributed by atoms with Gasteiger partial charge >= 0.3 is 13.6 Å². The van der Waals surface area contributed by atoms with Gasteiger partial charge in [0.25, 0.3) is 0 Å². The highest BCUT2D eigenvalue weighted by atomic mass is 31.2. The summed E-state index contributed by atoms with van der Waals surface area (Å²) in [6, 6.07) is 0. The van der Waals surface area contributed by atoms with E-state index in [-0.39, 0.29) is 25.7 Å². The number of carbonyl (C=O) groups excluding carboxylic acids is 1. The van der Waals surface area contributed by atoms with Crippen LogP contribution in [0.3, 0.4) is 0 Å². The largest absolute Gasteiger partial charge is 0.392 e. The number of carbonyl (C=O) groups is 1. The lowest BCUT2D eigenvalue weighted by atomic mass is 10.5. The van der Waals surface area contributed by atoms with Gasteiger partial charge in [-0.25, -0.2) is 4.57 Å². The fourth-order valence-electron chi connectivity index (χ4n) is 0.531. The zero-order valence-corrected chi connectivity index (χ0v) is 7.50. The van der Waals surface area contributed by atoms with Crippen molar-refractivity contribution in [3.63, 3.8) is 0 Å². The summed E-state index contributed by atoms with van der Waals surface area (Å²) in [6.07, 6.45) is -0.279. The average Bonchev–Trinajstić information content (AvgIpc) is 1.85. The third-order valence-corrected chi connectivity index (χ3v) is 2.32. The van der Waals surface area contributed by atoms with Gasteiger partial charge in [0.15, 0.2) is 0 Å². The van der Waals surface area contributed by atoms with Crippen molar-refractivity contribution >= 4 is 13.6 Å². The molecule has 0 bridgehead atoms. The van der Waals surface area contributed by atoms with Crippen molar-refractivity contribution in [3.05, 3.63) is 0 Å². The van der Waals surface area contributed by atoms with Crippen LogP contribution in [0.25, 0.3) is 0 Å². The summed E-state index contributed by atoms with van der Waals surface area (Å²) in [5.74, 6) is -0.767. The molecular weight excluding hydrogens is 183 g/mol. The first kappa shape index (κ1) is 11.6. The molecule has 0 aliphatic rings. The Morgan fingerprint density at radius 2 is 2.00 bits per heavy atom. The van der Waals surface area contributed by atoms with Gasteiger partial charge < -0.3 is 20.9 Å². The quantitative estimate of drug-likeness (QED) is 0.487. The fourth-order valence-corrected chi connectivity index (χ4v) is 1.36. The van der Waals surface area contributed by atoms with Gasteiger partial charge in [-0.2, -0.15) is 0 Å². The van der Waals surface area contributed by atoms with Gasteiger partial charge in [0.05, 0.1) is 12.6 Å². The predicted octanol–water partition coefficient (Wildman–Crippen LogP) is -0.978. The Kier molecular flexibility index (Phi) is 5.08. The van der Waals surface area contributed by atoms with Crippen molar-refractivity contribution in [2.24, 2.45) is 11.5 Å². The second-order valence-corrected chi connectivity index (χ2v) is 4.06. The van der Waals surface area contributed by atoms with Gasteiger partial charge in [-0.05, 0) is 0 Å². The van der Waals surface area contributed by atoms with Crippen LogP contribution >= 0.6 is 7.60 Å². The number of rotatable bonds is 5. The van der Waals surface area contributed by atoms with Crippen molar-refractivity contribution in [1.82, 2.24) is 0 Å². The van der Waals surface area contributed by atoms with Gasteiger partial charge in [0.2, 0.25) is 0 Å². The second-order valence-electron chi connectivity index (χ2n) is 2.15. The number of hydrogen-bond donors (Lipinski definition) is 3. The zero-order chi connectivity index (χ0) is 9.61. The molecule has 0 fully saturated rings. The van der Waals surface area contributed by atoms with Gasteiger partial charge in [-0.3, -0.25) is 4.79 Å². The Balaban J connectivity index is 3.88. The monoisotopic (exact) mass is 196 g/mol. The molecule has 0 aromatic carbocycles. The maximum atomic E-state index is 10.9. The molecule has 5 N–H and O–H groups in total. The molecule has 0 amide bonds. The molecule has 0 rings (SSSR count). The van der Waals surface area contributed by atoms with Crippen molar-refractivity contribution in [3.8, 4) is 0 Å². The van der Waals surface area contributed by atoms with E-state index in [0.717, 1.165) is 0 Å². The van der Waals surface area contributed by atoms with Crippen molar-refractivity contribution in [2.45, 2.75) is 6.42 Å². The van der Waals surface area contributed by atoms with E-state index in [2.05, 4.69) is 4.52 Å². The van der Waals surface area contributed by atoms with Gasteiger partial charge in [-0.15, -0.1) is 0 Å². The molecule has 7 heteroatoms. The van der Waals surface area contributed by atoms with E-state index in [4.69, 9.17) is 16.4 Å². The summed E-state index contributed by atoms with van der Waals surface area (Å²) in [4.78, 5) is 19.6. The van der Waals surface area contributed by atoms with Crippen molar-refractivity contribution < 1.29 is 18.8 Å². The highest BCUT2D eigenvalue weighted by Gasteiger charge is 2.22. The van der Waals surface area contributed by atoms with E-state index in [1.165, 1.54) is 0 Å². The maximum Gasteiger partial charge on any atom is 0.380 e. The lowest BCUT2D eigenvalue weighted by Gasteiger charge is -2.09. The molecule has 1 atom stereocenters. The Hall–Kier alpha value is -0.420. The first-order chi connectivity index (χ1) is 5.52. The van der Waals surface area contributed by atoms with Gasteiger partial charge in [0, 0.05) is 13.1 Å². The van der Waals surface area contributed by atoms with Crippen LogP contribution in [0.4, 0.5) is 0 Å². The van der Waals surface area contributed by atoms with Gasteiger partial charge in [-0.1, -0.05) is 0 Å². The van der Waals surface area contributed by atoms with Crippen LogP contribution in [0.15, 0.2) is 0 Å². The molecule has 0 heterocycles. The summed E-state index contributed by atoms with van der Waals surface area (Å²) in [5, 5.41) is 0. The summed E-state index contributed by atoms with van der Waals surface area (Å²) in [5.41, 5.74) is 10.0. The van der Waals surface area contributed by atoms with Crippen LogP contribution < -0.4 is 11.5 Å². The van der Waals surface area contributed by atoms with Crippen LogP contribution in [0, 0.1) is 0 Å². The van der Waals surface area contributed by atoms with Crippen molar-refractivity contribution in [2.75, 3.05) is 19.3 Å². The Morgan fingerprint density at radius 1 is 1.42 bits per heavy atom. The highest BCUT2D eigenvalue weighted by Crippen LogP contribution is 2.41. The van der Waals surface area contributed by atoms with E-state index in [0.29, 0.717) is 0 Å². The Labute approximate surface area is 70.4 Å². The molecule has 0 saturated heterocycles. The summed E-state index contributed by atoms with van der Waals surface area (Å²) in [7, 11) is -3.81. The van der Waals surface area contributed by atoms with Gasteiger partial charge in [0.1, 0.15) is 0 Å². The van der Waals surface area contributed by atoms with E-state index in [9.17, 15) is 9.36 Å². The second kappa shape index (κ2) is 5.27. The molecule has 0 aromatic heterocycles. The van der Waals surface area contributed by atoms with Crippen LogP contribution in [-0.4, -0.2) is 30.1 Å². The standard InChI is InChI=1S/C5H13N2O4P/c6-2-1-5(8)11-12(9,10)4-3-7/h1-4,6-7H2,(H,9,10). The first-order valence-electron chi connectivity index (χ1n) is 3.46. The van der Waals surface area contributed by atoms with Crippen LogP contribution in [0.2, 0.25) is 0 Å². The highest BCUT2D eigenvalue weighted by molar-refractivity contribution is 7.53. The zero-order valence-electron chi connectivity index (χ0n) is 6.60. The molecule has 0 saturated carbocycles. The molecule has 0 aliphatic heterocycles. The molecule has 0 radical (unpaired) electrons. The van der Waals surface area contributed by atoms with Crippen molar-refractivity contribution in [1.29, 1.82) is 0 Å². The minimum atomic E-state index is -3.81. The van der Waals surface area contributed by atoms with Crippen LogP contribution in [-0.2, 0) is 13.9 Å². The lowest BCUT2D eigenvalue weighted by Crippen LogP contribution is -2.13. The van der Waals surface area contributed by atoms with E-state index < -0.39 is 13.6 Å². The molecule has 0 spiro atoms. The molecule has 72 valence electrons. The van der Waals surface area contributed by atoms with Crippen LogP contribution in [0.5, 0.6) is 0 Å². The number of nitrogens with two attached hydrogens (primary N) is 2. The van der Waals surface area contributed by atoms with E-state index >= 15 is 0 Å². The third-order valence-electron chi connectivity index (χ3n) is 1.00. The topological polar surface area (TPSA) is 116 Å². The molecular formula is C5H13N2O4P. The number of hydrogen-bond acceptors (Lipinski definition) is 5. The van der Waals surface area contributed by atoms with E-state index in [1.807, 2.05) is 0 Å². The summed E-state index contributed by atoms with van der Waals surface area (Å²) < 4.78 is 15.1. The first-order valence-corrected chi connectivity index (χ1v) is 5.22. The molecule has 0 aromatic rings. The molecule has 1 unspecified atom stereocenters. The summed E-state index contributed by atoms with van der Waals surface area (Å²) in [6.45, 7) is 0.102. The SMILES string of the molecule is NCCC(=O)OP(=O)(O)CCN. The Morgan fingerprint density at radius 3 is 2.42 bits per heavy atom. The normalized spacial score (nSPS) is 15.2. The smallest absolute Gasteiger partial charge is 0.380 e.